The number of rotatable bonds is 7. The predicted octanol–water partition coefficient (Wildman–Crippen LogP) is 2.95. The van der Waals surface area contributed by atoms with Gasteiger partial charge >= 0.3 is 5.97 Å². The Labute approximate surface area is 181 Å². The van der Waals surface area contributed by atoms with Crippen molar-refractivity contribution in [1.82, 2.24) is 15.0 Å². The van der Waals surface area contributed by atoms with Crippen molar-refractivity contribution >= 4 is 40.0 Å². The van der Waals surface area contributed by atoms with E-state index in [4.69, 9.17) is 10.5 Å². The zero-order valence-corrected chi connectivity index (χ0v) is 18.2. The Morgan fingerprint density at radius 2 is 2.00 bits per heavy atom. The predicted molar refractivity (Wildman–Crippen MR) is 119 cm³/mol. The fourth-order valence-corrected chi connectivity index (χ4v) is 3.53. The van der Waals surface area contributed by atoms with Gasteiger partial charge in [-0.15, -0.1) is 11.3 Å². The molecule has 2 aromatic heterocycles. The lowest BCUT2D eigenvalue weighted by Gasteiger charge is -2.03. The van der Waals surface area contributed by atoms with Crippen molar-refractivity contribution in [3.63, 3.8) is 0 Å². The minimum Gasteiger partial charge on any atom is -0.466 e. The molecule has 30 heavy (non-hydrogen) atoms. The second-order valence-electron chi connectivity index (χ2n) is 5.94. The highest BCUT2D eigenvalue weighted by atomic mass is 32.2. The molecule has 1 aromatic carbocycles. The van der Waals surface area contributed by atoms with Crippen molar-refractivity contribution in [1.29, 1.82) is 0 Å². The van der Waals surface area contributed by atoms with E-state index in [1.54, 1.807) is 13.1 Å². The summed E-state index contributed by atoms with van der Waals surface area (Å²) in [5, 5.41) is 0.950. The van der Waals surface area contributed by atoms with Crippen LogP contribution in [0.2, 0.25) is 0 Å². The van der Waals surface area contributed by atoms with Crippen LogP contribution < -0.4 is 11.3 Å². The number of nitrogen functional groups attached to an aromatic ring is 1. The Morgan fingerprint density at radius 1 is 1.27 bits per heavy atom. The molecule has 3 N–H and O–H groups in total. The maximum Gasteiger partial charge on any atom is 0.311 e. The number of anilines is 1. The van der Waals surface area contributed by atoms with E-state index < -0.39 is 0 Å². The number of thioether (sulfide) groups is 1. The number of ether oxygens (including phenoxy) is 1. The van der Waals surface area contributed by atoms with Crippen LogP contribution in [0, 0.1) is 0 Å². The van der Waals surface area contributed by atoms with Crippen LogP contribution in [-0.2, 0) is 20.7 Å². The Balaban J connectivity index is 0.000000232. The molecule has 3 aromatic rings. The summed E-state index contributed by atoms with van der Waals surface area (Å²) in [5.41, 5.74) is 6.67. The molecule has 0 unspecified atom stereocenters. The van der Waals surface area contributed by atoms with Gasteiger partial charge in [0.2, 0.25) is 0 Å². The zero-order chi connectivity index (χ0) is 21.9. The molecule has 0 aliphatic heterocycles. The maximum absolute atomic E-state index is 11.5. The molecule has 0 aliphatic rings. The van der Waals surface area contributed by atoms with E-state index in [2.05, 4.69) is 15.0 Å². The summed E-state index contributed by atoms with van der Waals surface area (Å²) < 4.78 is 4.75. The molecule has 2 heterocycles. The highest BCUT2D eigenvalue weighted by molar-refractivity contribution is 7.99. The number of hydrogen-bond acceptors (Lipinski definition) is 9. The molecule has 0 fully saturated rings. The lowest BCUT2D eigenvalue weighted by molar-refractivity contribution is -0.142. The van der Waals surface area contributed by atoms with E-state index in [0.29, 0.717) is 28.3 Å². The lowest BCUT2D eigenvalue weighted by atomic mass is 10.1. The highest BCUT2D eigenvalue weighted by Gasteiger charge is 2.06. The number of aromatic amines is 1. The number of ketones is 1. The molecular weight excluding hydrogens is 424 g/mol. The van der Waals surface area contributed by atoms with Crippen molar-refractivity contribution in [2.24, 2.45) is 0 Å². The van der Waals surface area contributed by atoms with E-state index in [9.17, 15) is 14.4 Å². The number of H-pyrrole nitrogens is 1. The number of nitrogens with two attached hydrogens (primary N) is 1. The molecule has 0 bridgehead atoms. The molecule has 10 heteroatoms. The van der Waals surface area contributed by atoms with Gasteiger partial charge in [0, 0.05) is 22.7 Å². The van der Waals surface area contributed by atoms with E-state index in [1.165, 1.54) is 36.1 Å². The van der Waals surface area contributed by atoms with Crippen LogP contribution >= 0.6 is 23.1 Å². The van der Waals surface area contributed by atoms with Crippen molar-refractivity contribution in [2.75, 3.05) is 18.1 Å². The number of thiazole rings is 1. The van der Waals surface area contributed by atoms with Crippen molar-refractivity contribution < 1.29 is 14.3 Å². The molecule has 158 valence electrons. The summed E-state index contributed by atoms with van der Waals surface area (Å²) in [6, 6.07) is 10.9. The van der Waals surface area contributed by atoms with Crippen molar-refractivity contribution in [3.05, 3.63) is 57.8 Å². The number of Topliss-reactive ketones (excluding diaryl/α,β-unsaturated/α-hetero) is 1. The third kappa shape index (κ3) is 8.18. The summed E-state index contributed by atoms with van der Waals surface area (Å²) in [7, 11) is 0. The number of hydrogen-bond donors (Lipinski definition) is 2. The van der Waals surface area contributed by atoms with Crippen LogP contribution in [0.4, 0.5) is 5.13 Å². The maximum atomic E-state index is 11.5. The van der Waals surface area contributed by atoms with Gasteiger partial charge in [-0.1, -0.05) is 42.1 Å². The van der Waals surface area contributed by atoms with Crippen LogP contribution in [0.5, 0.6) is 0 Å². The normalized spacial score (nSPS) is 10.1. The largest absolute Gasteiger partial charge is 0.466 e. The topological polar surface area (TPSA) is 128 Å². The number of benzene rings is 1. The average Bonchev–Trinajstić information content (AvgIpc) is 3.12. The fraction of sp³-hybridized carbons (Fsp3) is 0.250. The van der Waals surface area contributed by atoms with Gasteiger partial charge in [-0.2, -0.15) is 0 Å². The molecule has 0 radical (unpaired) electrons. The van der Waals surface area contributed by atoms with Crippen LogP contribution in [0.25, 0.3) is 11.3 Å². The second-order valence-corrected chi connectivity index (χ2v) is 8.05. The van der Waals surface area contributed by atoms with Crippen LogP contribution in [0.1, 0.15) is 18.7 Å². The Morgan fingerprint density at radius 3 is 2.60 bits per heavy atom. The molecule has 0 atom stereocenters. The number of carbonyl (C=O) groups excluding carboxylic acids is 2. The van der Waals surface area contributed by atoms with Gasteiger partial charge in [-0.3, -0.25) is 14.4 Å². The van der Waals surface area contributed by atoms with Gasteiger partial charge in [0.1, 0.15) is 5.78 Å². The quantitative estimate of drug-likeness (QED) is 0.322. The molecule has 3 rings (SSSR count). The van der Waals surface area contributed by atoms with Crippen LogP contribution in [0.15, 0.2) is 52.5 Å². The Hall–Kier alpha value is -2.98. The minimum atomic E-state index is -0.235. The summed E-state index contributed by atoms with van der Waals surface area (Å²) in [5.74, 6) is 0.121. The number of aromatic nitrogens is 3. The van der Waals surface area contributed by atoms with E-state index in [1.807, 2.05) is 30.3 Å². The third-order valence-corrected chi connectivity index (χ3v) is 5.24. The molecule has 8 nitrogen and oxygen atoms in total. The van der Waals surface area contributed by atoms with Gasteiger partial charge in [0.25, 0.3) is 5.56 Å². The van der Waals surface area contributed by atoms with Gasteiger partial charge < -0.3 is 15.5 Å². The Bertz CT molecular complexity index is 1030. The lowest BCUT2D eigenvalue weighted by Crippen LogP contribution is -2.09. The van der Waals surface area contributed by atoms with Crippen LogP contribution in [0.3, 0.4) is 0 Å². The van der Waals surface area contributed by atoms with Crippen LogP contribution in [-0.4, -0.2) is 39.1 Å². The first kappa shape index (κ1) is 23.3. The number of nitrogens with one attached hydrogen (secondary N) is 1. The first-order chi connectivity index (χ1) is 14.4. The van der Waals surface area contributed by atoms with Gasteiger partial charge in [-0.05, 0) is 13.8 Å². The van der Waals surface area contributed by atoms with Gasteiger partial charge in [0.15, 0.2) is 10.3 Å². The van der Waals surface area contributed by atoms with E-state index in [-0.39, 0.29) is 23.7 Å². The van der Waals surface area contributed by atoms with Gasteiger partial charge in [-0.25, -0.2) is 9.97 Å². The first-order valence-electron chi connectivity index (χ1n) is 9.02. The average molecular weight is 447 g/mol. The Kier molecular flexibility index (Phi) is 9.23. The first-order valence-corrected chi connectivity index (χ1v) is 10.8. The number of carbonyl (C=O) groups is 2. The molecule has 0 aliphatic carbocycles. The smallest absolute Gasteiger partial charge is 0.311 e. The summed E-state index contributed by atoms with van der Waals surface area (Å²) in [6.07, 6.45) is 1.86. The van der Waals surface area contributed by atoms with Crippen molar-refractivity contribution in [2.45, 2.75) is 25.4 Å². The number of nitrogens with zero attached hydrogens (tertiary/aromatic N) is 2. The SMILES string of the molecule is CC(=O)CSc1nc(-c2ccccc2)cc(=O)[nH]1.CCOC(=O)Cc1cnc(N)s1. The fourth-order valence-electron chi connectivity index (χ4n) is 2.19. The second kappa shape index (κ2) is 11.9. The standard InChI is InChI=1S/C13H12N2O2S.C7H10N2O2S/c1-9(16)8-18-13-14-11(7-12(17)15-13)10-5-3-2-4-6-10;1-2-11-6(10)3-5-4-9-7(8)12-5/h2-7H,8H2,1H3,(H,14,15,17);4H,2-3H2,1H3,(H2,8,9). The minimum absolute atomic E-state index is 0.0489. The zero-order valence-electron chi connectivity index (χ0n) is 16.6. The van der Waals surface area contributed by atoms with E-state index >= 15 is 0 Å². The van der Waals surface area contributed by atoms with Crippen molar-refractivity contribution in [3.8, 4) is 11.3 Å². The molecule has 0 saturated heterocycles. The summed E-state index contributed by atoms with van der Waals surface area (Å²) in [6.45, 7) is 3.69. The monoisotopic (exact) mass is 446 g/mol. The summed E-state index contributed by atoms with van der Waals surface area (Å²) >= 11 is 2.54. The van der Waals surface area contributed by atoms with E-state index in [0.717, 1.165) is 10.4 Å². The summed E-state index contributed by atoms with van der Waals surface area (Å²) in [4.78, 5) is 45.0. The molecule has 0 saturated carbocycles. The molecular formula is C20H22N4O4S2. The highest BCUT2D eigenvalue weighted by Crippen LogP contribution is 2.18. The molecule has 0 amide bonds. The third-order valence-electron chi connectivity index (χ3n) is 3.40. The number of esters is 1. The molecule has 0 spiro atoms. The van der Waals surface area contributed by atoms with Gasteiger partial charge in [0.05, 0.1) is 24.5 Å².